The van der Waals surface area contributed by atoms with Gasteiger partial charge in [-0.3, -0.25) is 0 Å². The first-order valence-corrected chi connectivity index (χ1v) is 13.7. The van der Waals surface area contributed by atoms with E-state index in [9.17, 15) is 0 Å². The molecule has 0 bridgehead atoms. The molecular formula is C36H32N2+2. The van der Waals surface area contributed by atoms with E-state index in [0.717, 1.165) is 25.0 Å². The first-order valence-electron chi connectivity index (χ1n) is 13.7. The van der Waals surface area contributed by atoms with E-state index in [2.05, 4.69) is 132 Å². The van der Waals surface area contributed by atoms with Crippen molar-refractivity contribution in [2.24, 2.45) is 0 Å². The highest BCUT2D eigenvalue weighted by Gasteiger charge is 2.42. The molecule has 184 valence electrons. The fraction of sp³-hybridized carbons (Fsp3) is 0.167. The van der Waals surface area contributed by atoms with Crippen LogP contribution in [-0.2, 0) is 6.42 Å². The number of aryl methyl sites for hydroxylation is 2. The lowest BCUT2D eigenvalue weighted by molar-refractivity contribution is -0.719. The van der Waals surface area contributed by atoms with Gasteiger partial charge < -0.3 is 0 Å². The molecule has 4 heterocycles. The van der Waals surface area contributed by atoms with E-state index in [0.29, 0.717) is 12.0 Å². The maximum absolute atomic E-state index is 4.74. The minimum absolute atomic E-state index is 0.352. The number of hydrogen-bond acceptors (Lipinski definition) is 0. The predicted molar refractivity (Wildman–Crippen MR) is 154 cm³/mol. The first-order chi connectivity index (χ1) is 18.7. The SMILES string of the molecule is C=C1CC2c3ccccc3-c3cccc[n+]3C2CCc2ccccc2-c2cc(C)c(-c3ccccc3)c[n+]21. The van der Waals surface area contributed by atoms with Gasteiger partial charge >= 0.3 is 0 Å². The normalized spacial score (nSPS) is 17.9. The molecule has 0 fully saturated rings. The molecule has 0 saturated heterocycles. The van der Waals surface area contributed by atoms with Crippen molar-refractivity contribution in [2.45, 2.75) is 38.1 Å². The number of pyridine rings is 2. The molecule has 5 aromatic rings. The standard InChI is InChI=1S/C36H32N2/c1-25-22-36-29-15-7-6-14-28(29)19-20-35-32(23-26(2)38(36)24-33(25)27-12-4-3-5-13-27)30-16-8-9-17-31(30)34-18-10-11-21-37(34)35/h3-18,21-22,24,32,35H,2,19-20,23H2,1H3/q+2. The Bertz CT molecular complexity index is 1680. The third-order valence-corrected chi connectivity index (χ3v) is 8.53. The van der Waals surface area contributed by atoms with E-state index in [1.54, 1.807) is 0 Å². The summed E-state index contributed by atoms with van der Waals surface area (Å²) in [6.07, 6.45) is 7.63. The minimum Gasteiger partial charge on any atom is -0.195 e. The van der Waals surface area contributed by atoms with E-state index in [1.165, 1.54) is 50.3 Å². The van der Waals surface area contributed by atoms with Crippen LogP contribution in [0.25, 0.3) is 39.3 Å². The van der Waals surface area contributed by atoms with Crippen LogP contribution in [0.1, 0.15) is 41.5 Å². The second-order valence-electron chi connectivity index (χ2n) is 10.7. The molecule has 2 unspecified atom stereocenters. The number of aromatic nitrogens is 2. The molecule has 0 radical (unpaired) electrons. The molecule has 0 spiro atoms. The summed E-state index contributed by atoms with van der Waals surface area (Å²) in [5, 5.41) is 0. The molecule has 0 aliphatic carbocycles. The van der Waals surface area contributed by atoms with Crippen LogP contribution in [0.4, 0.5) is 0 Å². The van der Waals surface area contributed by atoms with Crippen LogP contribution in [-0.4, -0.2) is 0 Å². The lowest BCUT2D eigenvalue weighted by Crippen LogP contribution is -2.48. The molecule has 2 heteroatoms. The summed E-state index contributed by atoms with van der Waals surface area (Å²) in [6, 6.07) is 38.0. The van der Waals surface area contributed by atoms with Crippen molar-refractivity contribution in [2.75, 3.05) is 0 Å². The van der Waals surface area contributed by atoms with Crippen molar-refractivity contribution < 1.29 is 9.13 Å². The third-order valence-electron chi connectivity index (χ3n) is 8.53. The Labute approximate surface area is 225 Å². The lowest BCUT2D eigenvalue weighted by atomic mass is 9.77. The molecule has 2 aliphatic heterocycles. The highest BCUT2D eigenvalue weighted by molar-refractivity contribution is 5.71. The molecule has 2 aliphatic rings. The van der Waals surface area contributed by atoms with Crippen LogP contribution < -0.4 is 9.13 Å². The Kier molecular flexibility index (Phi) is 5.55. The summed E-state index contributed by atoms with van der Waals surface area (Å²) in [5.74, 6) is 0.352. The summed E-state index contributed by atoms with van der Waals surface area (Å²) in [6.45, 7) is 6.97. The maximum Gasteiger partial charge on any atom is 0.218 e. The molecule has 2 aromatic heterocycles. The second kappa shape index (κ2) is 9.22. The van der Waals surface area contributed by atoms with Crippen molar-refractivity contribution in [1.82, 2.24) is 0 Å². The molecular weight excluding hydrogens is 460 g/mol. The van der Waals surface area contributed by atoms with Crippen molar-refractivity contribution in [3.05, 3.63) is 139 Å². The minimum atomic E-state index is 0.352. The molecule has 0 saturated carbocycles. The van der Waals surface area contributed by atoms with Gasteiger partial charge in [0.05, 0.1) is 5.92 Å². The zero-order valence-electron chi connectivity index (χ0n) is 21.8. The van der Waals surface area contributed by atoms with Crippen molar-refractivity contribution in [1.29, 1.82) is 0 Å². The Morgan fingerprint density at radius 1 is 0.737 bits per heavy atom. The highest BCUT2D eigenvalue weighted by atomic mass is 15.0. The summed E-state index contributed by atoms with van der Waals surface area (Å²) < 4.78 is 4.91. The molecule has 2 atom stereocenters. The number of benzene rings is 3. The average molecular weight is 493 g/mol. The summed E-state index contributed by atoms with van der Waals surface area (Å²) in [4.78, 5) is 0. The summed E-state index contributed by atoms with van der Waals surface area (Å²) >= 11 is 0. The van der Waals surface area contributed by atoms with E-state index < -0.39 is 0 Å². The van der Waals surface area contributed by atoms with E-state index in [4.69, 9.17) is 6.58 Å². The first kappa shape index (κ1) is 22.9. The number of rotatable bonds is 1. The zero-order valence-corrected chi connectivity index (χ0v) is 21.8. The molecule has 0 amide bonds. The van der Waals surface area contributed by atoms with Crippen LogP contribution in [0.2, 0.25) is 0 Å². The van der Waals surface area contributed by atoms with Crippen molar-refractivity contribution in [3.63, 3.8) is 0 Å². The van der Waals surface area contributed by atoms with Gasteiger partial charge in [0, 0.05) is 47.7 Å². The average Bonchev–Trinajstić information content (AvgIpc) is 2.97. The number of fused-ring (bicyclic) bond motifs is 9. The number of nitrogens with zero attached hydrogens (tertiary/aromatic N) is 2. The molecule has 38 heavy (non-hydrogen) atoms. The van der Waals surface area contributed by atoms with Gasteiger partial charge in [-0.25, -0.2) is 0 Å². The van der Waals surface area contributed by atoms with Gasteiger partial charge in [0.1, 0.15) is 0 Å². The predicted octanol–water partition coefficient (Wildman–Crippen LogP) is 7.72. The fourth-order valence-corrected chi connectivity index (χ4v) is 6.70. The summed E-state index contributed by atoms with van der Waals surface area (Å²) in [7, 11) is 0. The van der Waals surface area contributed by atoms with Gasteiger partial charge in [-0.1, -0.05) is 66.7 Å². The Balaban J connectivity index is 1.45. The fourth-order valence-electron chi connectivity index (χ4n) is 6.70. The van der Waals surface area contributed by atoms with Gasteiger partial charge in [0.15, 0.2) is 24.1 Å². The summed E-state index contributed by atoms with van der Waals surface area (Å²) in [5.41, 5.74) is 13.0. The van der Waals surface area contributed by atoms with Crippen molar-refractivity contribution in [3.8, 4) is 33.6 Å². The lowest BCUT2D eigenvalue weighted by Gasteiger charge is -2.31. The number of allylic oxidation sites excluding steroid dienone is 1. The van der Waals surface area contributed by atoms with E-state index in [-0.39, 0.29) is 0 Å². The van der Waals surface area contributed by atoms with Crippen LogP contribution in [0, 0.1) is 6.92 Å². The van der Waals surface area contributed by atoms with Gasteiger partial charge in [0.25, 0.3) is 0 Å². The van der Waals surface area contributed by atoms with Gasteiger partial charge in [0.2, 0.25) is 11.4 Å². The molecule has 7 rings (SSSR count). The molecule has 2 nitrogen and oxygen atoms in total. The van der Waals surface area contributed by atoms with Crippen LogP contribution in [0.3, 0.4) is 0 Å². The Morgan fingerprint density at radius 2 is 1.47 bits per heavy atom. The van der Waals surface area contributed by atoms with E-state index >= 15 is 0 Å². The van der Waals surface area contributed by atoms with Gasteiger partial charge in [-0.15, -0.1) is 0 Å². The topological polar surface area (TPSA) is 7.76 Å². The smallest absolute Gasteiger partial charge is 0.195 e. The van der Waals surface area contributed by atoms with Gasteiger partial charge in [-0.2, -0.15) is 9.13 Å². The van der Waals surface area contributed by atoms with Crippen molar-refractivity contribution >= 4 is 5.70 Å². The van der Waals surface area contributed by atoms with Crippen LogP contribution in [0.15, 0.2) is 122 Å². The van der Waals surface area contributed by atoms with Crippen LogP contribution >= 0.6 is 0 Å². The Morgan fingerprint density at radius 3 is 2.34 bits per heavy atom. The largest absolute Gasteiger partial charge is 0.218 e. The second-order valence-corrected chi connectivity index (χ2v) is 10.7. The number of hydrogen-bond donors (Lipinski definition) is 0. The zero-order chi connectivity index (χ0) is 25.6. The van der Waals surface area contributed by atoms with Crippen LogP contribution in [0.5, 0.6) is 0 Å². The third kappa shape index (κ3) is 3.71. The Hall–Kier alpha value is -4.30. The monoisotopic (exact) mass is 492 g/mol. The quantitative estimate of drug-likeness (QED) is 0.212. The van der Waals surface area contributed by atoms with Gasteiger partial charge in [-0.05, 0) is 60.4 Å². The maximum atomic E-state index is 4.74. The molecule has 0 N–H and O–H groups in total. The van der Waals surface area contributed by atoms with E-state index in [1.807, 2.05) is 0 Å². The molecule has 3 aromatic carbocycles. The highest BCUT2D eigenvalue weighted by Crippen LogP contribution is 2.44.